The van der Waals surface area contributed by atoms with E-state index >= 15 is 0 Å². The van der Waals surface area contributed by atoms with Crippen LogP contribution in [0.1, 0.15) is 25.0 Å². The van der Waals surface area contributed by atoms with Crippen LogP contribution < -0.4 is 5.32 Å². The molecule has 3 nitrogen and oxygen atoms in total. The first kappa shape index (κ1) is 11.9. The molecule has 2 atom stereocenters. The molecule has 16 heavy (non-hydrogen) atoms. The van der Waals surface area contributed by atoms with Gasteiger partial charge in [-0.2, -0.15) is 5.10 Å². The molecule has 0 aliphatic heterocycles. The molecule has 2 unspecified atom stereocenters. The molecule has 1 N–H and O–H groups in total. The third-order valence-corrected chi connectivity index (χ3v) is 4.03. The molecular weight excluding hydrogens is 222 g/mol. The molecule has 1 aliphatic carbocycles. The van der Waals surface area contributed by atoms with Crippen molar-refractivity contribution in [3.63, 3.8) is 0 Å². The Morgan fingerprint density at radius 2 is 2.44 bits per heavy atom. The molecule has 0 bridgehead atoms. The molecule has 0 amide bonds. The van der Waals surface area contributed by atoms with Gasteiger partial charge in [0.1, 0.15) is 0 Å². The number of nitrogens with zero attached hydrogens (tertiary/aromatic N) is 2. The summed E-state index contributed by atoms with van der Waals surface area (Å²) in [4.78, 5) is 0. The van der Waals surface area contributed by atoms with E-state index in [1.54, 1.807) is 0 Å². The molecule has 0 saturated heterocycles. The molecule has 0 spiro atoms. The van der Waals surface area contributed by atoms with Crippen molar-refractivity contribution < 1.29 is 0 Å². The van der Waals surface area contributed by atoms with Gasteiger partial charge in [-0.1, -0.05) is 6.42 Å². The van der Waals surface area contributed by atoms with E-state index in [1.165, 1.54) is 25.0 Å². The predicted molar refractivity (Wildman–Crippen MR) is 66.8 cm³/mol. The van der Waals surface area contributed by atoms with Crippen LogP contribution in [-0.4, -0.2) is 28.2 Å². The summed E-state index contributed by atoms with van der Waals surface area (Å²) >= 11 is 6.23. The number of nitrogens with one attached hydrogen (secondary N) is 1. The summed E-state index contributed by atoms with van der Waals surface area (Å²) in [6.45, 7) is 2.08. The van der Waals surface area contributed by atoms with Crippen LogP contribution in [-0.2, 0) is 13.5 Å². The number of hydrogen-bond donors (Lipinski definition) is 1. The maximum atomic E-state index is 6.23. The van der Waals surface area contributed by atoms with Gasteiger partial charge in [-0.05, 0) is 31.4 Å². The zero-order valence-electron chi connectivity index (χ0n) is 9.82. The van der Waals surface area contributed by atoms with Crippen molar-refractivity contribution >= 4 is 11.6 Å². The highest BCUT2D eigenvalue weighted by molar-refractivity contribution is 6.20. The van der Waals surface area contributed by atoms with Crippen LogP contribution >= 0.6 is 11.6 Å². The quantitative estimate of drug-likeness (QED) is 0.631. The van der Waals surface area contributed by atoms with Crippen molar-refractivity contribution in [2.75, 3.05) is 13.1 Å². The Kier molecular flexibility index (Phi) is 4.24. The Bertz CT molecular complexity index is 324. The van der Waals surface area contributed by atoms with Crippen molar-refractivity contribution in [1.82, 2.24) is 15.1 Å². The first-order chi connectivity index (χ1) is 7.77. The number of aromatic nitrogens is 2. The standard InChI is InChI=1S/C12H20ClN3/c1-16-11(6-8-15-16)5-7-14-9-10-3-2-4-12(10)13/h6,8,10,12,14H,2-5,7,9H2,1H3. The van der Waals surface area contributed by atoms with E-state index < -0.39 is 0 Å². The molecular formula is C12H20ClN3. The van der Waals surface area contributed by atoms with Crippen LogP contribution in [0.3, 0.4) is 0 Å². The molecule has 90 valence electrons. The lowest BCUT2D eigenvalue weighted by Crippen LogP contribution is -2.27. The second kappa shape index (κ2) is 5.69. The normalized spacial score (nSPS) is 25.1. The summed E-state index contributed by atoms with van der Waals surface area (Å²) in [5.41, 5.74) is 1.28. The van der Waals surface area contributed by atoms with E-state index in [0.717, 1.165) is 19.5 Å². The monoisotopic (exact) mass is 241 g/mol. The molecule has 4 heteroatoms. The second-order valence-electron chi connectivity index (χ2n) is 4.61. The third-order valence-electron chi connectivity index (χ3n) is 3.45. The third kappa shape index (κ3) is 2.98. The van der Waals surface area contributed by atoms with Crippen LogP contribution in [0.15, 0.2) is 12.3 Å². The minimum absolute atomic E-state index is 0.393. The Labute approximate surface area is 102 Å². The molecule has 1 aliphatic rings. The molecule has 1 aromatic heterocycles. The average Bonchev–Trinajstić information content (AvgIpc) is 2.84. The molecule has 1 aromatic rings. The topological polar surface area (TPSA) is 29.9 Å². The Morgan fingerprint density at radius 3 is 3.06 bits per heavy atom. The van der Waals surface area contributed by atoms with Gasteiger partial charge in [0.05, 0.1) is 0 Å². The van der Waals surface area contributed by atoms with E-state index in [4.69, 9.17) is 11.6 Å². The lowest BCUT2D eigenvalue weighted by molar-refractivity contribution is 0.493. The zero-order chi connectivity index (χ0) is 11.4. The Morgan fingerprint density at radius 1 is 1.56 bits per heavy atom. The van der Waals surface area contributed by atoms with Gasteiger partial charge in [0.25, 0.3) is 0 Å². The van der Waals surface area contributed by atoms with Crippen LogP contribution in [0.25, 0.3) is 0 Å². The minimum Gasteiger partial charge on any atom is -0.316 e. The van der Waals surface area contributed by atoms with E-state index in [2.05, 4.69) is 16.5 Å². The number of alkyl halides is 1. The van der Waals surface area contributed by atoms with Gasteiger partial charge in [0.15, 0.2) is 0 Å². The lowest BCUT2D eigenvalue weighted by Gasteiger charge is -2.14. The predicted octanol–water partition coefficient (Wildman–Crippen LogP) is 1.96. The number of aryl methyl sites for hydroxylation is 1. The average molecular weight is 242 g/mol. The van der Waals surface area contributed by atoms with Gasteiger partial charge in [-0.15, -0.1) is 11.6 Å². The second-order valence-corrected chi connectivity index (χ2v) is 5.17. The minimum atomic E-state index is 0.393. The van der Waals surface area contributed by atoms with Crippen molar-refractivity contribution in [3.8, 4) is 0 Å². The van der Waals surface area contributed by atoms with E-state index in [0.29, 0.717) is 11.3 Å². The van der Waals surface area contributed by atoms with Crippen molar-refractivity contribution in [2.24, 2.45) is 13.0 Å². The molecule has 1 heterocycles. The van der Waals surface area contributed by atoms with Gasteiger partial charge in [-0.25, -0.2) is 0 Å². The summed E-state index contributed by atoms with van der Waals surface area (Å²) in [6, 6.07) is 2.07. The first-order valence-electron chi connectivity index (χ1n) is 6.09. The number of hydrogen-bond acceptors (Lipinski definition) is 2. The highest BCUT2D eigenvalue weighted by Gasteiger charge is 2.24. The number of rotatable bonds is 5. The van der Waals surface area contributed by atoms with Gasteiger partial charge in [0.2, 0.25) is 0 Å². The summed E-state index contributed by atoms with van der Waals surface area (Å²) in [6.07, 6.45) is 6.65. The highest BCUT2D eigenvalue weighted by Crippen LogP contribution is 2.29. The van der Waals surface area contributed by atoms with Crippen LogP contribution in [0, 0.1) is 5.92 Å². The summed E-state index contributed by atoms with van der Waals surface area (Å²) < 4.78 is 1.93. The maximum Gasteiger partial charge on any atom is 0.0492 e. The van der Waals surface area contributed by atoms with Crippen molar-refractivity contribution in [2.45, 2.75) is 31.1 Å². The fourth-order valence-electron chi connectivity index (χ4n) is 2.37. The van der Waals surface area contributed by atoms with Gasteiger partial charge in [-0.3, -0.25) is 4.68 Å². The molecule has 0 radical (unpaired) electrons. The molecule has 2 rings (SSSR count). The van der Waals surface area contributed by atoms with E-state index in [-0.39, 0.29) is 0 Å². The molecule has 0 aromatic carbocycles. The van der Waals surface area contributed by atoms with E-state index in [9.17, 15) is 0 Å². The van der Waals surface area contributed by atoms with Crippen LogP contribution in [0.4, 0.5) is 0 Å². The van der Waals surface area contributed by atoms with Gasteiger partial charge >= 0.3 is 0 Å². The summed E-state index contributed by atoms with van der Waals surface area (Å²) in [5, 5.41) is 8.04. The lowest BCUT2D eigenvalue weighted by atomic mass is 10.1. The number of halogens is 1. The zero-order valence-corrected chi connectivity index (χ0v) is 10.6. The SMILES string of the molecule is Cn1nccc1CCNCC1CCCC1Cl. The Hall–Kier alpha value is -0.540. The van der Waals surface area contributed by atoms with Crippen LogP contribution in [0.2, 0.25) is 0 Å². The smallest absolute Gasteiger partial charge is 0.0492 e. The van der Waals surface area contributed by atoms with Gasteiger partial charge < -0.3 is 5.32 Å². The Balaban J connectivity index is 1.63. The highest BCUT2D eigenvalue weighted by atomic mass is 35.5. The maximum absolute atomic E-state index is 6.23. The largest absolute Gasteiger partial charge is 0.316 e. The summed E-state index contributed by atoms with van der Waals surface area (Å²) in [7, 11) is 1.99. The summed E-state index contributed by atoms with van der Waals surface area (Å²) in [5.74, 6) is 0.674. The fourth-order valence-corrected chi connectivity index (χ4v) is 2.74. The van der Waals surface area contributed by atoms with Gasteiger partial charge in [0, 0.05) is 37.3 Å². The molecule has 1 fully saturated rings. The van der Waals surface area contributed by atoms with Crippen LogP contribution in [0.5, 0.6) is 0 Å². The van der Waals surface area contributed by atoms with Crippen molar-refractivity contribution in [3.05, 3.63) is 18.0 Å². The molecule has 1 saturated carbocycles. The fraction of sp³-hybridized carbons (Fsp3) is 0.750. The van der Waals surface area contributed by atoms with Crippen molar-refractivity contribution in [1.29, 1.82) is 0 Å². The first-order valence-corrected chi connectivity index (χ1v) is 6.52. The van der Waals surface area contributed by atoms with E-state index in [1.807, 2.05) is 17.9 Å².